The number of hydrogen-bond acceptors (Lipinski definition) is 3. The summed E-state index contributed by atoms with van der Waals surface area (Å²) in [5.41, 5.74) is 0.366. The van der Waals surface area contributed by atoms with Gasteiger partial charge in [-0.2, -0.15) is 0 Å². The Hall–Kier alpha value is -1.51. The number of aromatic nitrogens is 1. The fourth-order valence-corrected chi connectivity index (χ4v) is 1.87. The first kappa shape index (κ1) is 14.9. The summed E-state index contributed by atoms with van der Waals surface area (Å²) < 4.78 is 47.0. The highest BCUT2D eigenvalue weighted by Gasteiger charge is 2.31. The van der Waals surface area contributed by atoms with Gasteiger partial charge in [0.1, 0.15) is 11.5 Å². The summed E-state index contributed by atoms with van der Waals surface area (Å²) in [6.45, 7) is 1.52. The van der Waals surface area contributed by atoms with Gasteiger partial charge in [0, 0.05) is 21.9 Å². The monoisotopic (exact) mass is 395 g/mol. The number of nitrogens with zero attached hydrogens (tertiary/aromatic N) is 1. The van der Waals surface area contributed by atoms with Crippen LogP contribution < -0.4 is 9.47 Å². The van der Waals surface area contributed by atoms with Gasteiger partial charge in [0.2, 0.25) is 5.88 Å². The SMILES string of the molecule is Cc1ccc(Oc2cc(I)ccn2)cc1OC(F)(F)F. The molecule has 0 fully saturated rings. The first-order valence-corrected chi connectivity index (χ1v) is 6.57. The fraction of sp³-hybridized carbons (Fsp3) is 0.154. The molecule has 0 radical (unpaired) electrons. The van der Waals surface area contributed by atoms with Crippen molar-refractivity contribution >= 4 is 22.6 Å². The van der Waals surface area contributed by atoms with Crippen LogP contribution in [-0.4, -0.2) is 11.3 Å². The molecular formula is C13H9F3INO2. The second-order valence-electron chi connectivity index (χ2n) is 3.89. The number of alkyl halides is 3. The van der Waals surface area contributed by atoms with Crippen LogP contribution in [-0.2, 0) is 0 Å². The summed E-state index contributed by atoms with van der Waals surface area (Å²) in [5.74, 6) is 0.240. The third-order valence-corrected chi connectivity index (χ3v) is 2.98. The highest BCUT2D eigenvalue weighted by Crippen LogP contribution is 2.31. The number of hydrogen-bond donors (Lipinski definition) is 0. The molecule has 106 valence electrons. The van der Waals surface area contributed by atoms with Crippen LogP contribution in [0.25, 0.3) is 0 Å². The lowest BCUT2D eigenvalue weighted by molar-refractivity contribution is -0.274. The van der Waals surface area contributed by atoms with Gasteiger partial charge in [-0.05, 0) is 47.2 Å². The Morgan fingerprint density at radius 1 is 1.15 bits per heavy atom. The van der Waals surface area contributed by atoms with Crippen LogP contribution in [0.5, 0.6) is 17.4 Å². The van der Waals surface area contributed by atoms with E-state index in [4.69, 9.17) is 4.74 Å². The predicted molar refractivity (Wildman–Crippen MR) is 74.9 cm³/mol. The summed E-state index contributed by atoms with van der Waals surface area (Å²) in [7, 11) is 0. The summed E-state index contributed by atoms with van der Waals surface area (Å²) in [6, 6.07) is 7.68. The van der Waals surface area contributed by atoms with Crippen molar-refractivity contribution < 1.29 is 22.6 Å². The molecule has 0 unspecified atom stereocenters. The van der Waals surface area contributed by atoms with Crippen molar-refractivity contribution in [1.82, 2.24) is 4.98 Å². The maximum atomic E-state index is 12.3. The smallest absolute Gasteiger partial charge is 0.439 e. The molecule has 20 heavy (non-hydrogen) atoms. The van der Waals surface area contributed by atoms with E-state index < -0.39 is 6.36 Å². The van der Waals surface area contributed by atoms with E-state index in [0.717, 1.165) is 3.57 Å². The Labute approximate surface area is 126 Å². The van der Waals surface area contributed by atoms with Gasteiger partial charge in [-0.3, -0.25) is 0 Å². The van der Waals surface area contributed by atoms with E-state index in [0.29, 0.717) is 11.4 Å². The zero-order valence-corrected chi connectivity index (χ0v) is 12.4. The molecule has 0 bridgehead atoms. The maximum absolute atomic E-state index is 12.3. The highest BCUT2D eigenvalue weighted by atomic mass is 127. The van der Waals surface area contributed by atoms with Crippen LogP contribution in [0.3, 0.4) is 0 Å². The molecule has 2 rings (SSSR count). The fourth-order valence-electron chi connectivity index (χ4n) is 1.44. The minimum Gasteiger partial charge on any atom is -0.439 e. The lowest BCUT2D eigenvalue weighted by Crippen LogP contribution is -2.17. The van der Waals surface area contributed by atoms with Crippen LogP contribution in [0.4, 0.5) is 13.2 Å². The van der Waals surface area contributed by atoms with Crippen LogP contribution in [0.2, 0.25) is 0 Å². The van der Waals surface area contributed by atoms with Crippen molar-refractivity contribution in [1.29, 1.82) is 0 Å². The van der Waals surface area contributed by atoms with E-state index >= 15 is 0 Å². The predicted octanol–water partition coefficient (Wildman–Crippen LogP) is 4.69. The molecule has 0 saturated heterocycles. The van der Waals surface area contributed by atoms with Crippen molar-refractivity contribution in [3.05, 3.63) is 45.7 Å². The number of benzene rings is 1. The lowest BCUT2D eigenvalue weighted by atomic mass is 10.2. The van der Waals surface area contributed by atoms with E-state index in [2.05, 4.69) is 32.3 Å². The number of pyridine rings is 1. The Morgan fingerprint density at radius 2 is 1.90 bits per heavy atom. The molecule has 7 heteroatoms. The molecule has 1 aromatic heterocycles. The molecule has 1 aromatic carbocycles. The van der Waals surface area contributed by atoms with E-state index in [9.17, 15) is 13.2 Å². The highest BCUT2D eigenvalue weighted by molar-refractivity contribution is 14.1. The molecule has 2 aromatic rings. The molecule has 0 atom stereocenters. The van der Waals surface area contributed by atoms with E-state index in [1.54, 1.807) is 24.4 Å². The van der Waals surface area contributed by atoms with Crippen LogP contribution in [0.1, 0.15) is 5.56 Å². The summed E-state index contributed by atoms with van der Waals surface area (Å²) in [6.07, 6.45) is -3.18. The Morgan fingerprint density at radius 3 is 2.55 bits per heavy atom. The minimum atomic E-state index is -4.73. The third-order valence-electron chi connectivity index (χ3n) is 2.30. The number of ether oxygens (including phenoxy) is 2. The van der Waals surface area contributed by atoms with E-state index in [1.165, 1.54) is 19.1 Å². The summed E-state index contributed by atoms with van der Waals surface area (Å²) in [4.78, 5) is 3.97. The normalized spacial score (nSPS) is 11.2. The average Bonchev–Trinajstić information content (AvgIpc) is 2.32. The van der Waals surface area contributed by atoms with Crippen molar-refractivity contribution in [2.75, 3.05) is 0 Å². The van der Waals surface area contributed by atoms with Crippen molar-refractivity contribution in [2.45, 2.75) is 13.3 Å². The van der Waals surface area contributed by atoms with Gasteiger partial charge < -0.3 is 9.47 Å². The third kappa shape index (κ3) is 4.26. The van der Waals surface area contributed by atoms with Gasteiger partial charge in [0.25, 0.3) is 0 Å². The van der Waals surface area contributed by atoms with Gasteiger partial charge in [-0.15, -0.1) is 13.2 Å². The second kappa shape index (κ2) is 5.86. The van der Waals surface area contributed by atoms with Gasteiger partial charge in [0.05, 0.1) is 0 Å². The molecular weight excluding hydrogens is 386 g/mol. The van der Waals surface area contributed by atoms with Gasteiger partial charge in [-0.1, -0.05) is 6.07 Å². The summed E-state index contributed by atoms with van der Waals surface area (Å²) in [5, 5.41) is 0. The standard InChI is InChI=1S/C13H9F3INO2/c1-8-2-3-10(7-11(8)20-13(14,15)16)19-12-6-9(17)4-5-18-12/h2-7H,1H3. The zero-order valence-electron chi connectivity index (χ0n) is 10.2. The Balaban J connectivity index is 2.23. The molecule has 0 spiro atoms. The second-order valence-corrected chi connectivity index (χ2v) is 5.14. The molecule has 3 nitrogen and oxygen atoms in total. The number of rotatable bonds is 3. The topological polar surface area (TPSA) is 31.4 Å². The molecule has 0 aliphatic heterocycles. The number of aryl methyl sites for hydroxylation is 1. The maximum Gasteiger partial charge on any atom is 0.573 e. The van der Waals surface area contributed by atoms with Crippen LogP contribution in [0, 0.1) is 10.5 Å². The zero-order chi connectivity index (χ0) is 14.8. The van der Waals surface area contributed by atoms with E-state index in [1.807, 2.05) is 0 Å². The van der Waals surface area contributed by atoms with Crippen LogP contribution in [0.15, 0.2) is 36.5 Å². The Bertz CT molecular complexity index is 617. The first-order valence-electron chi connectivity index (χ1n) is 5.49. The molecule has 1 heterocycles. The lowest BCUT2D eigenvalue weighted by Gasteiger charge is -2.13. The van der Waals surface area contributed by atoms with Crippen molar-refractivity contribution in [3.8, 4) is 17.4 Å². The quantitative estimate of drug-likeness (QED) is 0.708. The van der Waals surface area contributed by atoms with Crippen molar-refractivity contribution in [2.24, 2.45) is 0 Å². The molecule has 0 saturated carbocycles. The van der Waals surface area contributed by atoms with Gasteiger partial charge in [0.15, 0.2) is 0 Å². The Kier molecular flexibility index (Phi) is 4.36. The van der Waals surface area contributed by atoms with Crippen molar-refractivity contribution in [3.63, 3.8) is 0 Å². The molecule has 0 aliphatic rings. The van der Waals surface area contributed by atoms with Crippen LogP contribution >= 0.6 is 22.6 Å². The van der Waals surface area contributed by atoms with Gasteiger partial charge >= 0.3 is 6.36 Å². The molecule has 0 aliphatic carbocycles. The van der Waals surface area contributed by atoms with Gasteiger partial charge in [-0.25, -0.2) is 4.98 Å². The number of halogens is 4. The minimum absolute atomic E-state index is 0.226. The van der Waals surface area contributed by atoms with E-state index in [-0.39, 0.29) is 11.5 Å². The first-order chi connectivity index (χ1) is 9.33. The summed E-state index contributed by atoms with van der Waals surface area (Å²) >= 11 is 2.08. The largest absolute Gasteiger partial charge is 0.573 e. The molecule has 0 amide bonds. The molecule has 0 N–H and O–H groups in total. The average molecular weight is 395 g/mol.